The number of hydrogen-bond donors (Lipinski definition) is 1. The Bertz CT molecular complexity index is 1230. The second-order valence-corrected chi connectivity index (χ2v) is 8.21. The van der Waals surface area contributed by atoms with Gasteiger partial charge in [-0.05, 0) is 39.2 Å². The maximum atomic E-state index is 14.8. The first-order valence-electron chi connectivity index (χ1n) is 10.6. The highest BCUT2D eigenvalue weighted by molar-refractivity contribution is 6.46. The molecule has 1 fully saturated rings. The van der Waals surface area contributed by atoms with Crippen molar-refractivity contribution in [1.82, 2.24) is 19.6 Å². The summed E-state index contributed by atoms with van der Waals surface area (Å²) >= 11 is 0. The van der Waals surface area contributed by atoms with E-state index in [0.717, 1.165) is 5.69 Å². The molecule has 2 aromatic carbocycles. The van der Waals surface area contributed by atoms with Gasteiger partial charge in [-0.3, -0.25) is 9.59 Å². The van der Waals surface area contributed by atoms with Crippen molar-refractivity contribution in [1.29, 1.82) is 0 Å². The van der Waals surface area contributed by atoms with Crippen LogP contribution in [-0.2, 0) is 9.59 Å². The minimum Gasteiger partial charge on any atom is -0.507 e. The highest BCUT2D eigenvalue weighted by Crippen LogP contribution is 2.40. The average molecular weight is 448 g/mol. The van der Waals surface area contributed by atoms with Crippen LogP contribution in [0.2, 0.25) is 0 Å². The SMILES string of the molecule is Cc1c(C(O)=C2C(=O)C(=O)N(CCN(C)C)[C@H]2c2ccccc2F)cnn1-c1ccccc1. The molecule has 0 unspecified atom stereocenters. The zero-order valence-corrected chi connectivity index (χ0v) is 18.7. The fourth-order valence-corrected chi connectivity index (χ4v) is 4.06. The van der Waals surface area contributed by atoms with Crippen molar-refractivity contribution in [2.45, 2.75) is 13.0 Å². The van der Waals surface area contributed by atoms with Gasteiger partial charge in [0.1, 0.15) is 11.6 Å². The smallest absolute Gasteiger partial charge is 0.295 e. The molecule has 170 valence electrons. The largest absolute Gasteiger partial charge is 0.507 e. The quantitative estimate of drug-likeness (QED) is 0.356. The van der Waals surface area contributed by atoms with Crippen molar-refractivity contribution in [3.05, 3.63) is 89.0 Å². The van der Waals surface area contributed by atoms with Gasteiger partial charge in [-0.15, -0.1) is 0 Å². The van der Waals surface area contributed by atoms with E-state index in [1.54, 1.807) is 23.7 Å². The van der Waals surface area contributed by atoms with E-state index in [1.807, 2.05) is 49.3 Å². The predicted molar refractivity (Wildman–Crippen MR) is 122 cm³/mol. The van der Waals surface area contributed by atoms with Gasteiger partial charge in [0.25, 0.3) is 11.7 Å². The number of ketones is 1. The molecule has 0 aliphatic carbocycles. The number of likely N-dealkylation sites (N-methyl/N-ethyl adjacent to an activating group) is 1. The third-order valence-electron chi connectivity index (χ3n) is 5.79. The maximum Gasteiger partial charge on any atom is 0.295 e. The molecule has 0 bridgehead atoms. The number of aliphatic hydroxyl groups excluding tert-OH is 1. The Kier molecular flexibility index (Phi) is 6.11. The molecule has 8 heteroatoms. The van der Waals surface area contributed by atoms with Crippen LogP contribution in [0.15, 0.2) is 66.4 Å². The van der Waals surface area contributed by atoms with E-state index in [0.29, 0.717) is 17.8 Å². The van der Waals surface area contributed by atoms with Gasteiger partial charge in [-0.25, -0.2) is 9.07 Å². The summed E-state index contributed by atoms with van der Waals surface area (Å²) in [6.07, 6.45) is 1.45. The standard InChI is InChI=1S/C25H25FN4O3/c1-16-19(15-27-30(16)17-9-5-4-6-10-17)23(31)21-22(18-11-7-8-12-20(18)26)29(14-13-28(2)3)25(33)24(21)32/h4-12,15,22,31H,13-14H2,1-3H3/t22-/m0/s1. The Hall–Kier alpha value is -3.78. The van der Waals surface area contributed by atoms with Gasteiger partial charge >= 0.3 is 0 Å². The number of rotatable bonds is 6. The van der Waals surface area contributed by atoms with Crippen LogP contribution in [0, 0.1) is 12.7 Å². The Morgan fingerprint density at radius 1 is 1.09 bits per heavy atom. The van der Waals surface area contributed by atoms with Crippen LogP contribution in [0.5, 0.6) is 0 Å². The van der Waals surface area contributed by atoms with Crippen LogP contribution in [-0.4, -0.2) is 63.6 Å². The van der Waals surface area contributed by atoms with Crippen molar-refractivity contribution in [2.75, 3.05) is 27.2 Å². The number of carbonyl (C=O) groups excluding carboxylic acids is 2. The van der Waals surface area contributed by atoms with Gasteiger partial charge in [0.2, 0.25) is 0 Å². The molecule has 3 aromatic rings. The number of likely N-dealkylation sites (tertiary alicyclic amines) is 1. The number of halogens is 1. The Labute approximate surface area is 191 Å². The molecule has 1 aliphatic rings. The van der Waals surface area contributed by atoms with Crippen molar-refractivity contribution in [3.8, 4) is 5.69 Å². The highest BCUT2D eigenvalue weighted by atomic mass is 19.1. The highest BCUT2D eigenvalue weighted by Gasteiger charge is 2.47. The lowest BCUT2D eigenvalue weighted by Crippen LogP contribution is -2.35. The minimum absolute atomic E-state index is 0.139. The van der Waals surface area contributed by atoms with E-state index in [-0.39, 0.29) is 23.4 Å². The van der Waals surface area contributed by atoms with Crippen LogP contribution in [0.4, 0.5) is 4.39 Å². The zero-order valence-electron chi connectivity index (χ0n) is 18.7. The van der Waals surface area contributed by atoms with Gasteiger partial charge < -0.3 is 14.9 Å². The Morgan fingerprint density at radius 2 is 1.76 bits per heavy atom. The zero-order chi connectivity index (χ0) is 23.7. The molecular weight excluding hydrogens is 423 g/mol. The summed E-state index contributed by atoms with van der Waals surface area (Å²) in [5.74, 6) is -2.53. The lowest BCUT2D eigenvalue weighted by Gasteiger charge is -2.26. The number of amides is 1. The number of aliphatic hydroxyl groups is 1. The van der Waals surface area contributed by atoms with Crippen LogP contribution in [0.3, 0.4) is 0 Å². The molecule has 1 atom stereocenters. The average Bonchev–Trinajstić information content (AvgIpc) is 3.30. The van der Waals surface area contributed by atoms with Crippen LogP contribution in [0.25, 0.3) is 11.4 Å². The fourth-order valence-electron chi connectivity index (χ4n) is 4.06. The van der Waals surface area contributed by atoms with Crippen LogP contribution < -0.4 is 0 Å². The first kappa shape index (κ1) is 22.4. The second kappa shape index (κ2) is 8.99. The maximum absolute atomic E-state index is 14.8. The summed E-state index contributed by atoms with van der Waals surface area (Å²) < 4.78 is 16.5. The molecule has 1 saturated heterocycles. The molecule has 4 rings (SSSR count). The van der Waals surface area contributed by atoms with Crippen LogP contribution >= 0.6 is 0 Å². The number of carbonyl (C=O) groups is 2. The van der Waals surface area contributed by atoms with E-state index in [9.17, 15) is 19.1 Å². The molecule has 7 nitrogen and oxygen atoms in total. The topological polar surface area (TPSA) is 78.7 Å². The first-order chi connectivity index (χ1) is 15.8. The van der Waals surface area contributed by atoms with E-state index < -0.39 is 23.5 Å². The number of hydrogen-bond acceptors (Lipinski definition) is 5. The molecule has 1 aromatic heterocycles. The van der Waals surface area contributed by atoms with Crippen LogP contribution in [0.1, 0.15) is 22.9 Å². The summed E-state index contributed by atoms with van der Waals surface area (Å²) in [5, 5.41) is 15.6. The molecule has 1 aliphatic heterocycles. The summed E-state index contributed by atoms with van der Waals surface area (Å²) in [4.78, 5) is 29.2. The number of benzene rings is 2. The summed E-state index contributed by atoms with van der Waals surface area (Å²) in [5.41, 5.74) is 1.70. The number of nitrogens with zero attached hydrogens (tertiary/aromatic N) is 4. The van der Waals surface area contributed by atoms with Gasteiger partial charge in [0, 0.05) is 18.7 Å². The first-order valence-corrected chi connectivity index (χ1v) is 10.6. The normalized spacial score (nSPS) is 17.8. The molecule has 0 radical (unpaired) electrons. The van der Waals surface area contributed by atoms with Crippen molar-refractivity contribution in [2.24, 2.45) is 0 Å². The molecule has 1 amide bonds. The van der Waals surface area contributed by atoms with E-state index >= 15 is 0 Å². The molecule has 1 N–H and O–H groups in total. The lowest BCUT2D eigenvalue weighted by atomic mass is 9.95. The molecular formula is C25H25FN4O3. The second-order valence-electron chi connectivity index (χ2n) is 8.21. The van der Waals surface area contributed by atoms with Gasteiger partial charge in [-0.1, -0.05) is 36.4 Å². The summed E-state index contributed by atoms with van der Waals surface area (Å²) in [6, 6.07) is 14.3. The number of Topliss-reactive ketones (excluding diaryl/α,β-unsaturated/α-hetero) is 1. The fraction of sp³-hybridized carbons (Fsp3) is 0.240. The van der Waals surface area contributed by atoms with Crippen molar-refractivity contribution in [3.63, 3.8) is 0 Å². The summed E-state index contributed by atoms with van der Waals surface area (Å²) in [6.45, 7) is 2.44. The van der Waals surface area contributed by atoms with E-state index in [2.05, 4.69) is 5.10 Å². The molecule has 0 saturated carbocycles. The Balaban J connectivity index is 1.86. The van der Waals surface area contributed by atoms with Gasteiger partial charge in [-0.2, -0.15) is 5.10 Å². The minimum atomic E-state index is -1.04. The van der Waals surface area contributed by atoms with Crippen molar-refractivity contribution < 1.29 is 19.1 Å². The summed E-state index contributed by atoms with van der Waals surface area (Å²) in [7, 11) is 3.69. The molecule has 2 heterocycles. The predicted octanol–water partition coefficient (Wildman–Crippen LogP) is 3.30. The third-order valence-corrected chi connectivity index (χ3v) is 5.79. The number of aromatic nitrogens is 2. The van der Waals surface area contributed by atoms with Gasteiger partial charge in [0.05, 0.1) is 34.8 Å². The van der Waals surface area contributed by atoms with E-state index in [1.165, 1.54) is 23.2 Å². The lowest BCUT2D eigenvalue weighted by molar-refractivity contribution is -0.140. The molecule has 0 spiro atoms. The van der Waals surface area contributed by atoms with E-state index in [4.69, 9.17) is 0 Å². The van der Waals surface area contributed by atoms with Crippen molar-refractivity contribution >= 4 is 17.4 Å². The van der Waals surface area contributed by atoms with Gasteiger partial charge in [0.15, 0.2) is 0 Å². The Morgan fingerprint density at radius 3 is 2.42 bits per heavy atom. The monoisotopic (exact) mass is 448 g/mol. The third kappa shape index (κ3) is 4.05. The number of para-hydroxylation sites is 1. The molecule has 33 heavy (non-hydrogen) atoms.